The number of benzene rings is 1. The average Bonchev–Trinajstić information content (AvgIpc) is 2.46. The molecule has 2 rings (SSSR count). The molecule has 0 spiro atoms. The fourth-order valence-electron chi connectivity index (χ4n) is 2.77. The molecule has 1 aliphatic rings. The number of carboxylic acid groups (broad SMARTS) is 1. The van der Waals surface area contributed by atoms with Gasteiger partial charge in [-0.25, -0.2) is 12.7 Å². The summed E-state index contributed by atoms with van der Waals surface area (Å²) >= 11 is 0. The maximum absolute atomic E-state index is 12.6. The molecular formula is C15H21NO5S. The van der Waals surface area contributed by atoms with Gasteiger partial charge in [0.15, 0.2) is 0 Å². The van der Waals surface area contributed by atoms with Crippen LogP contribution < -0.4 is 4.74 Å². The Labute approximate surface area is 130 Å². The summed E-state index contributed by atoms with van der Waals surface area (Å²) in [7, 11) is -2.02. The summed E-state index contributed by atoms with van der Waals surface area (Å²) in [6.45, 7) is 2.30. The SMILES string of the molecule is COc1cccc(CS(=O)(=O)N2CC(C)CC(C(=O)O)C2)c1. The summed E-state index contributed by atoms with van der Waals surface area (Å²) in [6.07, 6.45) is 0.514. The largest absolute Gasteiger partial charge is 0.497 e. The third-order valence-corrected chi connectivity index (χ3v) is 5.64. The van der Waals surface area contributed by atoms with Crippen molar-refractivity contribution >= 4 is 16.0 Å². The predicted octanol–water partition coefficient (Wildman–Crippen LogP) is 1.57. The van der Waals surface area contributed by atoms with Crippen LogP contribution in [0.5, 0.6) is 5.75 Å². The van der Waals surface area contributed by atoms with Gasteiger partial charge in [0.25, 0.3) is 0 Å². The molecule has 1 heterocycles. The molecule has 0 saturated carbocycles. The van der Waals surface area contributed by atoms with Crippen molar-refractivity contribution in [3.05, 3.63) is 29.8 Å². The number of hydrogen-bond donors (Lipinski definition) is 1. The second-order valence-corrected chi connectivity index (χ2v) is 7.77. The van der Waals surface area contributed by atoms with Crippen molar-refractivity contribution in [3.63, 3.8) is 0 Å². The standard InChI is InChI=1S/C15H21NO5S/c1-11-6-13(15(17)18)9-16(8-11)22(19,20)10-12-4-3-5-14(7-12)21-2/h3-5,7,11,13H,6,8-10H2,1-2H3,(H,17,18). The number of aliphatic carboxylic acids is 1. The van der Waals surface area contributed by atoms with Crippen molar-refractivity contribution in [3.8, 4) is 5.75 Å². The Kier molecular flexibility index (Phi) is 5.08. The minimum Gasteiger partial charge on any atom is -0.497 e. The lowest BCUT2D eigenvalue weighted by atomic mass is 9.92. The van der Waals surface area contributed by atoms with Crippen LogP contribution in [0.3, 0.4) is 0 Å². The maximum atomic E-state index is 12.6. The van der Waals surface area contributed by atoms with E-state index in [2.05, 4.69) is 0 Å². The molecule has 1 aliphatic heterocycles. The second-order valence-electron chi connectivity index (χ2n) is 5.80. The zero-order valence-corrected chi connectivity index (χ0v) is 13.5. The topological polar surface area (TPSA) is 83.9 Å². The van der Waals surface area contributed by atoms with Crippen LogP contribution in [0.1, 0.15) is 18.9 Å². The number of hydrogen-bond acceptors (Lipinski definition) is 4. The summed E-state index contributed by atoms with van der Waals surface area (Å²) in [5, 5.41) is 9.16. The molecule has 6 nitrogen and oxygen atoms in total. The van der Waals surface area contributed by atoms with Crippen LogP contribution >= 0.6 is 0 Å². The third-order valence-electron chi connectivity index (χ3n) is 3.85. The molecule has 2 unspecified atom stereocenters. The van der Waals surface area contributed by atoms with Crippen molar-refractivity contribution in [1.82, 2.24) is 4.31 Å². The van der Waals surface area contributed by atoms with Gasteiger partial charge in [-0.3, -0.25) is 4.79 Å². The fourth-order valence-corrected chi connectivity index (χ4v) is 4.44. The van der Waals surface area contributed by atoms with Crippen molar-refractivity contribution in [2.75, 3.05) is 20.2 Å². The minimum absolute atomic E-state index is 0.0370. The van der Waals surface area contributed by atoms with Gasteiger partial charge in [0.2, 0.25) is 10.0 Å². The summed E-state index contributed by atoms with van der Waals surface area (Å²) < 4.78 is 31.5. The molecule has 1 fully saturated rings. The van der Waals surface area contributed by atoms with Gasteiger partial charge >= 0.3 is 5.97 Å². The smallest absolute Gasteiger partial charge is 0.307 e. The zero-order chi connectivity index (χ0) is 16.3. The van der Waals surface area contributed by atoms with E-state index in [1.807, 2.05) is 6.92 Å². The molecule has 7 heteroatoms. The first kappa shape index (κ1) is 16.8. The van der Waals surface area contributed by atoms with Crippen molar-refractivity contribution in [2.24, 2.45) is 11.8 Å². The van der Waals surface area contributed by atoms with E-state index in [9.17, 15) is 13.2 Å². The van der Waals surface area contributed by atoms with Crippen LogP contribution in [0.15, 0.2) is 24.3 Å². The molecule has 0 amide bonds. The van der Waals surface area contributed by atoms with Gasteiger partial charge in [-0.15, -0.1) is 0 Å². The van der Waals surface area contributed by atoms with Crippen LogP contribution in [0.4, 0.5) is 0 Å². The first-order chi connectivity index (χ1) is 10.3. The third kappa shape index (κ3) is 3.98. The lowest BCUT2D eigenvalue weighted by Gasteiger charge is -2.33. The molecule has 0 radical (unpaired) electrons. The normalized spacial score (nSPS) is 23.2. The van der Waals surface area contributed by atoms with Crippen LogP contribution in [-0.2, 0) is 20.6 Å². The Hall–Kier alpha value is -1.60. The van der Waals surface area contributed by atoms with E-state index in [1.165, 1.54) is 11.4 Å². The van der Waals surface area contributed by atoms with E-state index >= 15 is 0 Å². The average molecular weight is 327 g/mol. The minimum atomic E-state index is -3.55. The summed E-state index contributed by atoms with van der Waals surface area (Å²) in [4.78, 5) is 11.2. The molecule has 1 aromatic rings. The molecule has 0 aliphatic carbocycles. The van der Waals surface area contributed by atoms with Gasteiger partial charge in [-0.05, 0) is 30.0 Å². The second kappa shape index (κ2) is 6.66. The van der Waals surface area contributed by atoms with E-state index in [4.69, 9.17) is 9.84 Å². The molecule has 0 aromatic heterocycles. The molecule has 1 saturated heterocycles. The molecular weight excluding hydrogens is 306 g/mol. The zero-order valence-electron chi connectivity index (χ0n) is 12.7. The van der Waals surface area contributed by atoms with Crippen molar-refractivity contribution in [1.29, 1.82) is 0 Å². The summed E-state index contributed by atoms with van der Waals surface area (Å²) in [5.41, 5.74) is 0.629. The van der Waals surface area contributed by atoms with E-state index < -0.39 is 21.9 Å². The Balaban J connectivity index is 2.16. The number of nitrogens with zero attached hydrogens (tertiary/aromatic N) is 1. The highest BCUT2D eigenvalue weighted by Crippen LogP contribution is 2.26. The quantitative estimate of drug-likeness (QED) is 0.887. The van der Waals surface area contributed by atoms with E-state index in [0.29, 0.717) is 24.3 Å². The molecule has 122 valence electrons. The highest BCUT2D eigenvalue weighted by molar-refractivity contribution is 7.88. The number of piperidine rings is 1. The number of rotatable bonds is 5. The van der Waals surface area contributed by atoms with Gasteiger partial charge in [0.1, 0.15) is 5.75 Å². The molecule has 0 bridgehead atoms. The van der Waals surface area contributed by atoms with Gasteiger partial charge in [0.05, 0.1) is 18.8 Å². The fraction of sp³-hybridized carbons (Fsp3) is 0.533. The number of methoxy groups -OCH3 is 1. The lowest BCUT2D eigenvalue weighted by Crippen LogP contribution is -2.45. The van der Waals surface area contributed by atoms with Crippen LogP contribution in [0.2, 0.25) is 0 Å². The van der Waals surface area contributed by atoms with Crippen molar-refractivity contribution < 1.29 is 23.1 Å². The van der Waals surface area contributed by atoms with Gasteiger partial charge < -0.3 is 9.84 Å². The maximum Gasteiger partial charge on any atom is 0.307 e. The number of sulfonamides is 1. The number of carboxylic acids is 1. The van der Waals surface area contributed by atoms with Gasteiger partial charge in [-0.2, -0.15) is 0 Å². The van der Waals surface area contributed by atoms with Crippen LogP contribution in [-0.4, -0.2) is 44.0 Å². The lowest BCUT2D eigenvalue weighted by molar-refractivity contribution is -0.143. The summed E-state index contributed by atoms with van der Waals surface area (Å²) in [6, 6.07) is 6.89. The monoisotopic (exact) mass is 327 g/mol. The molecule has 1 aromatic carbocycles. The highest BCUT2D eigenvalue weighted by Gasteiger charge is 2.35. The highest BCUT2D eigenvalue weighted by atomic mass is 32.2. The number of ether oxygens (including phenoxy) is 1. The van der Waals surface area contributed by atoms with E-state index in [-0.39, 0.29) is 18.2 Å². The Bertz CT molecular complexity index is 643. The molecule has 2 atom stereocenters. The predicted molar refractivity (Wildman–Crippen MR) is 82.1 cm³/mol. The van der Waals surface area contributed by atoms with E-state index in [0.717, 1.165) is 0 Å². The molecule has 22 heavy (non-hydrogen) atoms. The Morgan fingerprint density at radius 3 is 2.77 bits per heavy atom. The first-order valence-electron chi connectivity index (χ1n) is 7.15. The Morgan fingerprint density at radius 2 is 2.14 bits per heavy atom. The van der Waals surface area contributed by atoms with Gasteiger partial charge in [0, 0.05) is 13.1 Å². The Morgan fingerprint density at radius 1 is 1.41 bits per heavy atom. The van der Waals surface area contributed by atoms with Crippen LogP contribution in [0.25, 0.3) is 0 Å². The van der Waals surface area contributed by atoms with Gasteiger partial charge in [-0.1, -0.05) is 19.1 Å². The first-order valence-corrected chi connectivity index (χ1v) is 8.76. The molecule has 1 N–H and O–H groups in total. The summed E-state index contributed by atoms with van der Waals surface area (Å²) in [5.74, 6) is -1.08. The van der Waals surface area contributed by atoms with Crippen LogP contribution in [0, 0.1) is 11.8 Å². The number of carbonyl (C=O) groups is 1. The van der Waals surface area contributed by atoms with E-state index in [1.54, 1.807) is 24.3 Å². The van der Waals surface area contributed by atoms with Crippen molar-refractivity contribution in [2.45, 2.75) is 19.1 Å².